The molecule has 0 aliphatic heterocycles. The predicted molar refractivity (Wildman–Crippen MR) is 84.0 cm³/mol. The predicted octanol–water partition coefficient (Wildman–Crippen LogP) is 4.24. The summed E-state index contributed by atoms with van der Waals surface area (Å²) in [5, 5.41) is 14.7. The average Bonchev–Trinajstić information content (AvgIpc) is 3.19. The second kappa shape index (κ2) is 5.79. The Bertz CT molecular complexity index is 744. The van der Waals surface area contributed by atoms with Gasteiger partial charge in [0.25, 0.3) is 11.8 Å². The zero-order valence-electron chi connectivity index (χ0n) is 11.5. The lowest BCUT2D eigenvalue weighted by atomic mass is 10.2. The monoisotopic (exact) mass is 319 g/mol. The van der Waals surface area contributed by atoms with Gasteiger partial charge in [0, 0.05) is 5.92 Å². The quantitative estimate of drug-likeness (QED) is 0.781. The van der Waals surface area contributed by atoms with E-state index in [-0.39, 0.29) is 11.8 Å². The number of anilines is 1. The van der Waals surface area contributed by atoms with Crippen LogP contribution in [0.25, 0.3) is 10.8 Å². The van der Waals surface area contributed by atoms with Gasteiger partial charge in [0.2, 0.25) is 5.89 Å². The van der Waals surface area contributed by atoms with Crippen LogP contribution >= 0.6 is 22.7 Å². The molecule has 0 radical (unpaired) electrons. The van der Waals surface area contributed by atoms with Crippen molar-refractivity contribution >= 4 is 34.3 Å². The standard InChI is InChI=1S/C14H13N3O2S2/c1-8(2)13-16-17-14(19-13)11-9(5-7-21-11)15-12(18)10-4-3-6-20-10/h3-8H,1-2H3,(H,15,18). The van der Waals surface area contributed by atoms with Crippen molar-refractivity contribution in [3.05, 3.63) is 39.7 Å². The number of nitrogens with zero attached hydrogens (tertiary/aromatic N) is 2. The van der Waals surface area contributed by atoms with Crippen molar-refractivity contribution in [1.29, 1.82) is 0 Å². The number of nitrogens with one attached hydrogen (secondary N) is 1. The first-order chi connectivity index (χ1) is 10.1. The number of carbonyl (C=O) groups excluding carboxylic acids is 1. The van der Waals surface area contributed by atoms with Crippen molar-refractivity contribution in [3.8, 4) is 10.8 Å². The van der Waals surface area contributed by atoms with Crippen molar-refractivity contribution in [3.63, 3.8) is 0 Å². The molecule has 0 unspecified atom stereocenters. The van der Waals surface area contributed by atoms with Crippen LogP contribution in [0, 0.1) is 0 Å². The summed E-state index contributed by atoms with van der Waals surface area (Å²) in [7, 11) is 0. The highest BCUT2D eigenvalue weighted by Crippen LogP contribution is 2.34. The van der Waals surface area contributed by atoms with Crippen LogP contribution in [0.2, 0.25) is 0 Å². The zero-order chi connectivity index (χ0) is 14.8. The third-order valence-corrected chi connectivity index (χ3v) is 4.56. The summed E-state index contributed by atoms with van der Waals surface area (Å²) < 4.78 is 5.64. The van der Waals surface area contributed by atoms with Crippen LogP contribution in [0.4, 0.5) is 5.69 Å². The first kappa shape index (κ1) is 14.0. The fourth-order valence-electron chi connectivity index (χ4n) is 1.72. The van der Waals surface area contributed by atoms with Gasteiger partial charge < -0.3 is 9.73 Å². The maximum atomic E-state index is 12.1. The van der Waals surface area contributed by atoms with Gasteiger partial charge in [-0.2, -0.15) is 0 Å². The largest absolute Gasteiger partial charge is 0.420 e. The summed E-state index contributed by atoms with van der Waals surface area (Å²) in [5.41, 5.74) is 0.692. The zero-order valence-corrected chi connectivity index (χ0v) is 13.1. The SMILES string of the molecule is CC(C)c1nnc(-c2sccc2NC(=O)c2cccs2)o1. The minimum Gasteiger partial charge on any atom is -0.420 e. The molecule has 3 heterocycles. The average molecular weight is 319 g/mol. The van der Waals surface area contributed by atoms with Gasteiger partial charge in [-0.1, -0.05) is 19.9 Å². The van der Waals surface area contributed by atoms with Crippen molar-refractivity contribution in [2.75, 3.05) is 5.32 Å². The molecule has 3 rings (SSSR count). The molecule has 0 aliphatic rings. The van der Waals surface area contributed by atoms with Crippen LogP contribution in [-0.4, -0.2) is 16.1 Å². The molecule has 3 aromatic heterocycles. The molecule has 1 amide bonds. The highest BCUT2D eigenvalue weighted by Gasteiger charge is 2.18. The van der Waals surface area contributed by atoms with Crippen LogP contribution < -0.4 is 5.32 Å². The van der Waals surface area contributed by atoms with Gasteiger partial charge in [0.05, 0.1) is 10.6 Å². The lowest BCUT2D eigenvalue weighted by Crippen LogP contribution is -2.09. The molecule has 0 bridgehead atoms. The number of aromatic nitrogens is 2. The number of hydrogen-bond donors (Lipinski definition) is 1. The number of rotatable bonds is 4. The minimum atomic E-state index is -0.131. The number of amides is 1. The smallest absolute Gasteiger partial charge is 0.265 e. The second-order valence-electron chi connectivity index (χ2n) is 4.69. The molecule has 0 spiro atoms. The van der Waals surface area contributed by atoms with Crippen molar-refractivity contribution < 1.29 is 9.21 Å². The van der Waals surface area contributed by atoms with Crippen LogP contribution in [0.15, 0.2) is 33.4 Å². The Balaban J connectivity index is 1.85. The molecule has 5 nitrogen and oxygen atoms in total. The number of hydrogen-bond acceptors (Lipinski definition) is 6. The number of thiophene rings is 2. The van der Waals surface area contributed by atoms with E-state index in [2.05, 4.69) is 15.5 Å². The summed E-state index contributed by atoms with van der Waals surface area (Å²) >= 11 is 2.86. The first-order valence-electron chi connectivity index (χ1n) is 6.41. The Hall–Kier alpha value is -1.99. The third-order valence-electron chi connectivity index (χ3n) is 2.79. The minimum absolute atomic E-state index is 0.131. The maximum Gasteiger partial charge on any atom is 0.265 e. The molecule has 21 heavy (non-hydrogen) atoms. The Morgan fingerprint density at radius 1 is 1.24 bits per heavy atom. The van der Waals surface area contributed by atoms with Crippen LogP contribution in [-0.2, 0) is 0 Å². The van der Waals surface area contributed by atoms with Gasteiger partial charge in [0.15, 0.2) is 0 Å². The van der Waals surface area contributed by atoms with Gasteiger partial charge in [-0.25, -0.2) is 0 Å². The number of carbonyl (C=O) groups is 1. The van der Waals surface area contributed by atoms with E-state index >= 15 is 0 Å². The van der Waals surface area contributed by atoms with Crippen LogP contribution in [0.3, 0.4) is 0 Å². The molecule has 108 valence electrons. The molecule has 0 atom stereocenters. The summed E-state index contributed by atoms with van der Waals surface area (Å²) in [6.45, 7) is 3.98. The molecule has 0 aliphatic carbocycles. The van der Waals surface area contributed by atoms with E-state index in [4.69, 9.17) is 4.42 Å². The fraction of sp³-hybridized carbons (Fsp3) is 0.214. The Labute approximate surface area is 129 Å². The van der Waals surface area contributed by atoms with Crippen molar-refractivity contribution in [1.82, 2.24) is 10.2 Å². The van der Waals surface area contributed by atoms with E-state index in [9.17, 15) is 4.79 Å². The van der Waals surface area contributed by atoms with Crippen molar-refractivity contribution in [2.45, 2.75) is 19.8 Å². The van der Waals surface area contributed by atoms with E-state index in [1.54, 1.807) is 6.07 Å². The topological polar surface area (TPSA) is 68.0 Å². The molecule has 0 saturated heterocycles. The first-order valence-corrected chi connectivity index (χ1v) is 8.17. The van der Waals surface area contributed by atoms with Gasteiger partial charge in [-0.3, -0.25) is 4.79 Å². The molecule has 3 aromatic rings. The lowest BCUT2D eigenvalue weighted by molar-refractivity contribution is 0.103. The molecule has 0 saturated carbocycles. The van der Waals surface area contributed by atoms with Gasteiger partial charge in [-0.05, 0) is 22.9 Å². The van der Waals surface area contributed by atoms with E-state index in [1.165, 1.54) is 22.7 Å². The highest BCUT2D eigenvalue weighted by atomic mass is 32.1. The van der Waals surface area contributed by atoms with Crippen molar-refractivity contribution in [2.24, 2.45) is 0 Å². The van der Waals surface area contributed by atoms with E-state index in [0.29, 0.717) is 22.3 Å². The normalized spacial score (nSPS) is 11.0. The van der Waals surface area contributed by atoms with E-state index in [0.717, 1.165) is 4.88 Å². The summed E-state index contributed by atoms with van der Waals surface area (Å²) in [5.74, 6) is 1.08. The molecule has 1 N–H and O–H groups in total. The molecule has 0 fully saturated rings. The Kier molecular flexibility index (Phi) is 3.85. The molecular weight excluding hydrogens is 306 g/mol. The summed E-state index contributed by atoms with van der Waals surface area (Å²) in [6.07, 6.45) is 0. The van der Waals surface area contributed by atoms with E-state index in [1.807, 2.05) is 36.7 Å². The maximum absolute atomic E-state index is 12.1. The third kappa shape index (κ3) is 2.88. The van der Waals surface area contributed by atoms with Gasteiger partial charge in [-0.15, -0.1) is 32.9 Å². The van der Waals surface area contributed by atoms with Crippen LogP contribution in [0.1, 0.15) is 35.3 Å². The lowest BCUT2D eigenvalue weighted by Gasteiger charge is -2.02. The summed E-state index contributed by atoms with van der Waals surface area (Å²) in [4.78, 5) is 13.6. The van der Waals surface area contributed by atoms with Crippen LogP contribution in [0.5, 0.6) is 0 Å². The summed E-state index contributed by atoms with van der Waals surface area (Å²) in [6, 6.07) is 5.47. The molecule has 7 heteroatoms. The molecule has 0 aromatic carbocycles. The fourth-order valence-corrected chi connectivity index (χ4v) is 3.11. The van der Waals surface area contributed by atoms with Gasteiger partial charge in [0.1, 0.15) is 4.88 Å². The highest BCUT2D eigenvalue weighted by molar-refractivity contribution is 7.14. The second-order valence-corrected chi connectivity index (χ2v) is 6.56. The Morgan fingerprint density at radius 2 is 2.10 bits per heavy atom. The Morgan fingerprint density at radius 3 is 2.76 bits per heavy atom. The van der Waals surface area contributed by atoms with Gasteiger partial charge >= 0.3 is 0 Å². The van der Waals surface area contributed by atoms with E-state index < -0.39 is 0 Å². The molecular formula is C14H13N3O2S2.